The lowest BCUT2D eigenvalue weighted by Crippen LogP contribution is -2.43. The van der Waals surface area contributed by atoms with Crippen molar-refractivity contribution < 1.29 is 23.1 Å². The maximum atomic E-state index is 12.9. The molecule has 1 heterocycles. The number of carbonyl (C=O) groups is 1. The van der Waals surface area contributed by atoms with Crippen molar-refractivity contribution in [3.05, 3.63) is 80.5 Å². The van der Waals surface area contributed by atoms with E-state index >= 15 is 0 Å². The molecule has 1 N–H and O–H groups in total. The molecule has 3 rings (SSSR count). The molecular weight excluding hydrogens is 377 g/mol. The van der Waals surface area contributed by atoms with Gasteiger partial charge in [-0.05, 0) is 17.7 Å². The van der Waals surface area contributed by atoms with E-state index in [9.17, 15) is 27.6 Å². The van der Waals surface area contributed by atoms with Crippen molar-refractivity contribution in [2.45, 2.75) is 19.3 Å². The summed E-state index contributed by atoms with van der Waals surface area (Å²) in [6.07, 6.45) is -4.73. The van der Waals surface area contributed by atoms with E-state index in [0.717, 1.165) is 4.57 Å². The monoisotopic (exact) mass is 392 g/mol. The standard InChI is InChI=1S/C19H15F3N2O4/c20-19(21,22)11-24-17(27)14-3-1-2-4-15(14)23(18(24)28)9-12-5-7-13(8-6-12)16(26)10-25/h1-8,25H,9-11H2. The van der Waals surface area contributed by atoms with Crippen molar-refractivity contribution >= 4 is 16.7 Å². The molecule has 6 nitrogen and oxygen atoms in total. The van der Waals surface area contributed by atoms with Crippen molar-refractivity contribution in [1.82, 2.24) is 9.13 Å². The van der Waals surface area contributed by atoms with Gasteiger partial charge in [0.15, 0.2) is 5.78 Å². The van der Waals surface area contributed by atoms with Crippen LogP contribution in [0.3, 0.4) is 0 Å². The quantitative estimate of drug-likeness (QED) is 0.673. The maximum absolute atomic E-state index is 12.9. The van der Waals surface area contributed by atoms with Gasteiger partial charge in [-0.3, -0.25) is 18.7 Å². The highest BCUT2D eigenvalue weighted by atomic mass is 19.4. The fourth-order valence-corrected chi connectivity index (χ4v) is 2.91. The van der Waals surface area contributed by atoms with Crippen molar-refractivity contribution in [3.63, 3.8) is 0 Å². The van der Waals surface area contributed by atoms with E-state index in [0.29, 0.717) is 5.56 Å². The predicted octanol–water partition coefficient (Wildman–Crippen LogP) is 1.95. The molecule has 0 bridgehead atoms. The molecule has 0 amide bonds. The third kappa shape index (κ3) is 3.89. The normalized spacial score (nSPS) is 11.7. The molecule has 28 heavy (non-hydrogen) atoms. The second-order valence-electron chi connectivity index (χ2n) is 6.17. The summed E-state index contributed by atoms with van der Waals surface area (Å²) < 4.78 is 39.8. The molecule has 146 valence electrons. The molecule has 0 spiro atoms. The van der Waals surface area contributed by atoms with E-state index in [2.05, 4.69) is 0 Å². The second-order valence-corrected chi connectivity index (χ2v) is 6.17. The number of hydrogen-bond acceptors (Lipinski definition) is 4. The summed E-state index contributed by atoms with van der Waals surface area (Å²) >= 11 is 0. The lowest BCUT2D eigenvalue weighted by atomic mass is 10.1. The minimum absolute atomic E-state index is 0.00146. The number of aliphatic hydroxyl groups is 1. The van der Waals surface area contributed by atoms with Crippen LogP contribution in [0.4, 0.5) is 13.2 Å². The highest BCUT2D eigenvalue weighted by Crippen LogP contribution is 2.17. The number of benzene rings is 2. The highest BCUT2D eigenvalue weighted by molar-refractivity contribution is 5.96. The van der Waals surface area contributed by atoms with Crippen molar-refractivity contribution in [1.29, 1.82) is 0 Å². The summed E-state index contributed by atoms with van der Waals surface area (Å²) in [7, 11) is 0. The molecular formula is C19H15F3N2O4. The number of hydrogen-bond donors (Lipinski definition) is 1. The van der Waals surface area contributed by atoms with Crippen LogP contribution in [0.1, 0.15) is 15.9 Å². The molecule has 0 aliphatic heterocycles. The Labute approximate surface area is 156 Å². The van der Waals surface area contributed by atoms with Crippen LogP contribution < -0.4 is 11.2 Å². The van der Waals surface area contributed by atoms with Crippen LogP contribution in [0, 0.1) is 0 Å². The van der Waals surface area contributed by atoms with Gasteiger partial charge in [0.1, 0.15) is 13.2 Å². The number of ketones is 1. The van der Waals surface area contributed by atoms with Gasteiger partial charge in [0, 0.05) is 5.56 Å². The van der Waals surface area contributed by atoms with Crippen LogP contribution in [0.2, 0.25) is 0 Å². The zero-order valence-corrected chi connectivity index (χ0v) is 14.4. The Morgan fingerprint density at radius 2 is 1.61 bits per heavy atom. The first-order chi connectivity index (χ1) is 13.2. The molecule has 0 aliphatic rings. The van der Waals surface area contributed by atoms with Gasteiger partial charge in [0.2, 0.25) is 0 Å². The molecule has 0 atom stereocenters. The van der Waals surface area contributed by atoms with Gasteiger partial charge in [-0.25, -0.2) is 4.79 Å². The highest BCUT2D eigenvalue weighted by Gasteiger charge is 2.30. The predicted molar refractivity (Wildman–Crippen MR) is 95.5 cm³/mol. The summed E-state index contributed by atoms with van der Waals surface area (Å²) in [5, 5.41) is 8.88. The van der Waals surface area contributed by atoms with E-state index in [1.165, 1.54) is 42.5 Å². The molecule has 0 radical (unpaired) electrons. The first-order valence-electron chi connectivity index (χ1n) is 8.23. The number of Topliss-reactive ketones (excluding diaryl/α,β-unsaturated/α-hetero) is 1. The van der Waals surface area contributed by atoms with Gasteiger partial charge in [-0.15, -0.1) is 0 Å². The number of para-hydroxylation sites is 1. The second kappa shape index (κ2) is 7.43. The Morgan fingerprint density at radius 3 is 2.21 bits per heavy atom. The van der Waals surface area contributed by atoms with Gasteiger partial charge in [0.25, 0.3) is 5.56 Å². The largest absolute Gasteiger partial charge is 0.406 e. The van der Waals surface area contributed by atoms with Crippen LogP contribution in [0.25, 0.3) is 10.9 Å². The topological polar surface area (TPSA) is 81.3 Å². The molecule has 0 saturated carbocycles. The van der Waals surface area contributed by atoms with Crippen LogP contribution in [-0.4, -0.2) is 32.8 Å². The average molecular weight is 392 g/mol. The van der Waals surface area contributed by atoms with Crippen molar-refractivity contribution in [3.8, 4) is 0 Å². The number of halogens is 3. The first kappa shape index (κ1) is 19.6. The third-order valence-corrected chi connectivity index (χ3v) is 4.23. The van der Waals surface area contributed by atoms with Gasteiger partial charge in [-0.2, -0.15) is 13.2 Å². The lowest BCUT2D eigenvalue weighted by molar-refractivity contribution is -0.141. The van der Waals surface area contributed by atoms with E-state index in [1.807, 2.05) is 0 Å². The number of fused-ring (bicyclic) bond motifs is 1. The Bertz CT molecular complexity index is 1150. The van der Waals surface area contributed by atoms with Crippen LogP contribution in [0.5, 0.6) is 0 Å². The van der Waals surface area contributed by atoms with Crippen molar-refractivity contribution in [2.75, 3.05) is 6.61 Å². The molecule has 0 unspecified atom stereocenters. The Morgan fingerprint density at radius 1 is 0.964 bits per heavy atom. The van der Waals surface area contributed by atoms with Crippen LogP contribution in [0.15, 0.2) is 58.1 Å². The Hall–Kier alpha value is -3.20. The van der Waals surface area contributed by atoms with E-state index in [4.69, 9.17) is 5.11 Å². The van der Waals surface area contributed by atoms with Crippen LogP contribution >= 0.6 is 0 Å². The zero-order chi connectivity index (χ0) is 20.5. The molecule has 0 aliphatic carbocycles. The number of alkyl halides is 3. The average Bonchev–Trinajstić information content (AvgIpc) is 2.67. The number of carbonyl (C=O) groups excluding carboxylic acids is 1. The Kier molecular flexibility index (Phi) is 5.19. The maximum Gasteiger partial charge on any atom is 0.406 e. The number of rotatable bonds is 5. The van der Waals surface area contributed by atoms with Gasteiger partial charge >= 0.3 is 11.9 Å². The van der Waals surface area contributed by atoms with Gasteiger partial charge in [0.05, 0.1) is 17.4 Å². The first-order valence-corrected chi connectivity index (χ1v) is 8.23. The third-order valence-electron chi connectivity index (χ3n) is 4.23. The van der Waals surface area contributed by atoms with E-state index in [1.54, 1.807) is 6.07 Å². The lowest BCUT2D eigenvalue weighted by Gasteiger charge is -2.15. The molecule has 2 aromatic carbocycles. The smallest absolute Gasteiger partial charge is 0.388 e. The number of aromatic nitrogens is 2. The SMILES string of the molecule is O=C(CO)c1ccc(Cn2c(=O)n(CC(F)(F)F)c(=O)c3ccccc32)cc1. The van der Waals surface area contributed by atoms with E-state index in [-0.39, 0.29) is 27.6 Å². The summed E-state index contributed by atoms with van der Waals surface area (Å²) in [4.78, 5) is 36.5. The molecule has 1 aromatic heterocycles. The Balaban J connectivity index is 2.13. The summed E-state index contributed by atoms with van der Waals surface area (Å²) in [6.45, 7) is -2.42. The van der Waals surface area contributed by atoms with Gasteiger partial charge in [-0.1, -0.05) is 36.4 Å². The summed E-state index contributed by atoms with van der Waals surface area (Å²) in [5.74, 6) is -0.479. The zero-order valence-electron chi connectivity index (χ0n) is 14.4. The molecule has 0 fully saturated rings. The minimum atomic E-state index is -4.73. The van der Waals surface area contributed by atoms with Crippen LogP contribution in [-0.2, 0) is 13.1 Å². The summed E-state index contributed by atoms with van der Waals surface area (Å²) in [5.41, 5.74) is -1.05. The summed E-state index contributed by atoms with van der Waals surface area (Å²) in [6, 6.07) is 11.9. The van der Waals surface area contributed by atoms with Crippen molar-refractivity contribution in [2.24, 2.45) is 0 Å². The number of nitrogens with zero attached hydrogens (tertiary/aromatic N) is 2. The molecule has 9 heteroatoms. The molecule has 3 aromatic rings. The molecule has 0 saturated heterocycles. The fourth-order valence-electron chi connectivity index (χ4n) is 2.91. The van der Waals surface area contributed by atoms with Gasteiger partial charge < -0.3 is 5.11 Å². The minimum Gasteiger partial charge on any atom is -0.388 e. The fraction of sp³-hybridized carbons (Fsp3) is 0.211. The number of aliphatic hydroxyl groups excluding tert-OH is 1. The van der Waals surface area contributed by atoms with E-state index < -0.39 is 36.4 Å².